The number of carboxylic acids is 1. The molecule has 1 aliphatic heterocycles. The maximum atomic E-state index is 11.5. The monoisotopic (exact) mass is 551 g/mol. The van der Waals surface area contributed by atoms with E-state index in [1.54, 1.807) is 0 Å². The molecule has 2 aliphatic carbocycles. The molecule has 0 amide bonds. The largest absolute Gasteiger partial charge is 0.493 e. The highest BCUT2D eigenvalue weighted by molar-refractivity contribution is 5.94. The summed E-state index contributed by atoms with van der Waals surface area (Å²) >= 11 is 0. The first-order chi connectivity index (χ1) is 19.9. The average molecular weight is 552 g/mol. The Morgan fingerprint density at radius 3 is 2.61 bits per heavy atom. The summed E-state index contributed by atoms with van der Waals surface area (Å²) in [4.78, 5) is 18.3. The summed E-state index contributed by atoms with van der Waals surface area (Å²) in [7, 11) is 0. The van der Waals surface area contributed by atoms with E-state index in [-0.39, 0.29) is 5.69 Å². The summed E-state index contributed by atoms with van der Waals surface area (Å²) in [6.45, 7) is 6.59. The molecule has 3 fully saturated rings. The second-order valence-corrected chi connectivity index (χ2v) is 12.4. The fourth-order valence-electron chi connectivity index (χ4n) is 7.25. The molecule has 212 valence electrons. The normalized spacial score (nSPS) is 18.5. The lowest BCUT2D eigenvalue weighted by atomic mass is 9.56. The summed E-state index contributed by atoms with van der Waals surface area (Å²) in [5.74, 6) is 1.92. The Kier molecular flexibility index (Phi) is 6.48. The number of piperidine rings is 1. The molecule has 7 nitrogen and oxygen atoms in total. The quantitative estimate of drug-likeness (QED) is 0.244. The molecule has 3 aliphatic rings. The third-order valence-electron chi connectivity index (χ3n) is 9.57. The molecule has 4 aromatic rings. The lowest BCUT2D eigenvalue weighted by Gasteiger charge is -2.53. The SMILES string of the molecule is CCOc1cc(C(=O)O)nc2ccc(N3CCC4(CC3)CC(Cc3c(-c5ccccc5C)noc3C3CC3)C4)cc12. The zero-order valence-corrected chi connectivity index (χ0v) is 23.9. The molecule has 1 saturated heterocycles. The topological polar surface area (TPSA) is 88.7 Å². The summed E-state index contributed by atoms with van der Waals surface area (Å²) in [6, 6.07) is 16.2. The number of benzene rings is 2. The number of hydrogen-bond donors (Lipinski definition) is 1. The van der Waals surface area contributed by atoms with Crippen LogP contribution in [0.25, 0.3) is 22.2 Å². The van der Waals surface area contributed by atoms with E-state index in [2.05, 4.69) is 58.4 Å². The van der Waals surface area contributed by atoms with Gasteiger partial charge in [-0.2, -0.15) is 0 Å². The first kappa shape index (κ1) is 26.1. The molecule has 7 heteroatoms. The fourth-order valence-corrected chi connectivity index (χ4v) is 7.25. The number of pyridine rings is 1. The number of aromatic nitrogens is 2. The number of anilines is 1. The molecule has 1 spiro atoms. The van der Waals surface area contributed by atoms with E-state index in [4.69, 9.17) is 9.26 Å². The minimum absolute atomic E-state index is 0.00892. The molecule has 1 N–H and O–H groups in total. The zero-order valence-electron chi connectivity index (χ0n) is 23.9. The highest BCUT2D eigenvalue weighted by atomic mass is 16.5. The van der Waals surface area contributed by atoms with Crippen LogP contribution in [0, 0.1) is 18.3 Å². The van der Waals surface area contributed by atoms with Gasteiger partial charge in [0.05, 0.1) is 12.1 Å². The van der Waals surface area contributed by atoms with Crippen LogP contribution in [0.4, 0.5) is 5.69 Å². The molecular weight excluding hydrogens is 514 g/mol. The van der Waals surface area contributed by atoms with E-state index in [1.807, 2.05) is 13.0 Å². The van der Waals surface area contributed by atoms with Crippen molar-refractivity contribution in [2.24, 2.45) is 11.3 Å². The smallest absolute Gasteiger partial charge is 0.354 e. The molecule has 2 aromatic carbocycles. The highest BCUT2D eigenvalue weighted by Gasteiger charge is 2.46. The van der Waals surface area contributed by atoms with Gasteiger partial charge in [0, 0.05) is 47.3 Å². The number of carboxylic acid groups (broad SMARTS) is 1. The Balaban J connectivity index is 1.04. The van der Waals surface area contributed by atoms with Crippen LogP contribution in [-0.4, -0.2) is 40.9 Å². The minimum Gasteiger partial charge on any atom is -0.493 e. The molecular formula is C34H37N3O4. The van der Waals surface area contributed by atoms with Crippen LogP contribution < -0.4 is 9.64 Å². The van der Waals surface area contributed by atoms with E-state index in [0.29, 0.717) is 35.1 Å². The average Bonchev–Trinajstić information content (AvgIpc) is 3.72. The van der Waals surface area contributed by atoms with Gasteiger partial charge in [-0.3, -0.25) is 0 Å². The maximum Gasteiger partial charge on any atom is 0.354 e. The minimum atomic E-state index is -1.05. The van der Waals surface area contributed by atoms with Crippen LogP contribution in [0.2, 0.25) is 0 Å². The van der Waals surface area contributed by atoms with Crippen molar-refractivity contribution in [2.45, 2.75) is 64.7 Å². The number of nitrogens with zero attached hydrogens (tertiary/aromatic N) is 3. The van der Waals surface area contributed by atoms with Crippen molar-refractivity contribution in [2.75, 3.05) is 24.6 Å². The Hall–Kier alpha value is -3.87. The van der Waals surface area contributed by atoms with Crippen molar-refractivity contribution in [3.05, 3.63) is 71.1 Å². The van der Waals surface area contributed by atoms with Gasteiger partial charge in [-0.1, -0.05) is 29.4 Å². The van der Waals surface area contributed by atoms with Crippen LogP contribution in [0.15, 0.2) is 53.1 Å². The van der Waals surface area contributed by atoms with E-state index < -0.39 is 5.97 Å². The van der Waals surface area contributed by atoms with E-state index in [0.717, 1.165) is 42.0 Å². The fraction of sp³-hybridized carbons (Fsp3) is 0.441. The van der Waals surface area contributed by atoms with Crippen molar-refractivity contribution in [1.82, 2.24) is 10.1 Å². The third-order valence-corrected chi connectivity index (χ3v) is 9.57. The first-order valence-electron chi connectivity index (χ1n) is 15.0. The van der Waals surface area contributed by atoms with Gasteiger partial charge < -0.3 is 19.3 Å². The standard InChI is InChI=1S/C34H37N3O4/c1-3-40-30-18-29(33(38)39)35-28-11-10-24(17-26(28)30)37-14-12-34(13-15-37)19-22(20-34)16-27-31(25-7-5-4-6-21(25)2)36-41-32(27)23-8-9-23/h4-7,10-11,17-18,22-23H,3,8-9,12-16,19-20H2,1-2H3,(H,38,39). The highest BCUT2D eigenvalue weighted by Crippen LogP contribution is 2.55. The maximum absolute atomic E-state index is 11.5. The first-order valence-corrected chi connectivity index (χ1v) is 15.0. The number of aryl methyl sites for hydroxylation is 1. The molecule has 0 atom stereocenters. The van der Waals surface area contributed by atoms with Crippen LogP contribution in [-0.2, 0) is 6.42 Å². The summed E-state index contributed by atoms with van der Waals surface area (Å²) in [5.41, 5.74) is 7.13. The Labute approximate surface area is 240 Å². The molecule has 0 unspecified atom stereocenters. The molecule has 3 heterocycles. The third kappa shape index (κ3) is 4.85. The molecule has 2 aromatic heterocycles. The van der Waals surface area contributed by atoms with Crippen molar-refractivity contribution >= 4 is 22.6 Å². The van der Waals surface area contributed by atoms with E-state index in [1.165, 1.54) is 61.3 Å². The van der Waals surface area contributed by atoms with Gasteiger partial charge in [-0.25, -0.2) is 9.78 Å². The number of ether oxygens (including phenoxy) is 1. The van der Waals surface area contributed by atoms with Gasteiger partial charge in [0.25, 0.3) is 0 Å². The lowest BCUT2D eigenvalue weighted by molar-refractivity contribution is 0.0282. The number of hydrogen-bond acceptors (Lipinski definition) is 6. The van der Waals surface area contributed by atoms with Crippen LogP contribution in [0.1, 0.15) is 78.7 Å². The number of aromatic carboxylic acids is 1. The summed E-state index contributed by atoms with van der Waals surface area (Å²) < 4.78 is 11.8. The molecule has 41 heavy (non-hydrogen) atoms. The molecule has 0 radical (unpaired) electrons. The van der Waals surface area contributed by atoms with Gasteiger partial charge in [-0.15, -0.1) is 0 Å². The second kappa shape index (κ2) is 10.2. The Bertz CT molecular complexity index is 1610. The predicted octanol–water partition coefficient (Wildman–Crippen LogP) is 7.41. The van der Waals surface area contributed by atoms with Crippen LogP contribution >= 0.6 is 0 Å². The van der Waals surface area contributed by atoms with Crippen molar-refractivity contribution in [3.8, 4) is 17.0 Å². The molecule has 7 rings (SSSR count). The van der Waals surface area contributed by atoms with Crippen molar-refractivity contribution < 1.29 is 19.2 Å². The number of carbonyl (C=O) groups is 1. The Morgan fingerprint density at radius 2 is 1.90 bits per heavy atom. The summed E-state index contributed by atoms with van der Waals surface area (Å²) in [5, 5.41) is 14.9. The molecule has 2 saturated carbocycles. The second-order valence-electron chi connectivity index (χ2n) is 12.4. The predicted molar refractivity (Wildman–Crippen MR) is 159 cm³/mol. The molecule has 0 bridgehead atoms. The van der Waals surface area contributed by atoms with Crippen molar-refractivity contribution in [3.63, 3.8) is 0 Å². The van der Waals surface area contributed by atoms with Gasteiger partial charge in [0.15, 0.2) is 5.69 Å². The zero-order chi connectivity index (χ0) is 28.1. The van der Waals surface area contributed by atoms with Gasteiger partial charge >= 0.3 is 5.97 Å². The number of rotatable bonds is 8. The van der Waals surface area contributed by atoms with E-state index in [9.17, 15) is 9.90 Å². The van der Waals surface area contributed by atoms with Gasteiger partial charge in [0.2, 0.25) is 0 Å². The van der Waals surface area contributed by atoms with Crippen molar-refractivity contribution in [1.29, 1.82) is 0 Å². The van der Waals surface area contributed by atoms with Gasteiger partial charge in [0.1, 0.15) is 17.2 Å². The summed E-state index contributed by atoms with van der Waals surface area (Å²) in [6.07, 6.45) is 8.45. The van der Waals surface area contributed by atoms with Gasteiger partial charge in [-0.05, 0) is 93.9 Å². The Morgan fingerprint density at radius 1 is 1.12 bits per heavy atom. The van der Waals surface area contributed by atoms with Crippen LogP contribution in [0.3, 0.4) is 0 Å². The van der Waals surface area contributed by atoms with Crippen LogP contribution in [0.5, 0.6) is 5.75 Å². The van der Waals surface area contributed by atoms with E-state index >= 15 is 0 Å². The number of fused-ring (bicyclic) bond motifs is 1. The lowest BCUT2D eigenvalue weighted by Crippen LogP contribution is -2.47.